The summed E-state index contributed by atoms with van der Waals surface area (Å²) in [5.41, 5.74) is 1.98. The van der Waals surface area contributed by atoms with E-state index in [9.17, 15) is 0 Å². The lowest BCUT2D eigenvalue weighted by Gasteiger charge is -2.02. The van der Waals surface area contributed by atoms with Crippen molar-refractivity contribution in [2.75, 3.05) is 6.61 Å². The van der Waals surface area contributed by atoms with Gasteiger partial charge in [0.05, 0.1) is 5.52 Å². The number of hydrogen-bond acceptors (Lipinski definition) is 2. The summed E-state index contributed by atoms with van der Waals surface area (Å²) in [6, 6.07) is 7.88. The fourth-order valence-corrected chi connectivity index (χ4v) is 1.18. The third-order valence-corrected chi connectivity index (χ3v) is 1.69. The van der Waals surface area contributed by atoms with Crippen LogP contribution < -0.4 is 4.84 Å². The van der Waals surface area contributed by atoms with Gasteiger partial charge in [-0.15, -0.1) is 0 Å². The molecule has 0 spiro atoms. The molecule has 0 N–H and O–H groups in total. The van der Waals surface area contributed by atoms with Crippen molar-refractivity contribution in [2.45, 2.75) is 6.92 Å². The molecule has 12 heavy (non-hydrogen) atoms. The van der Waals surface area contributed by atoms with E-state index in [1.165, 1.54) is 0 Å². The van der Waals surface area contributed by atoms with Crippen LogP contribution in [0.25, 0.3) is 11.0 Å². The van der Waals surface area contributed by atoms with Crippen molar-refractivity contribution in [3.63, 3.8) is 0 Å². The van der Waals surface area contributed by atoms with Gasteiger partial charge in [-0.1, -0.05) is 12.1 Å². The predicted molar refractivity (Wildman–Crippen MR) is 46.9 cm³/mol. The van der Waals surface area contributed by atoms with Crippen molar-refractivity contribution >= 4 is 11.0 Å². The lowest BCUT2D eigenvalue weighted by Crippen LogP contribution is -2.08. The molecule has 0 saturated carbocycles. The molecule has 0 saturated heterocycles. The average Bonchev–Trinajstić information content (AvgIpc) is 2.50. The second-order valence-electron chi connectivity index (χ2n) is 2.48. The molecule has 0 amide bonds. The number of para-hydroxylation sites is 2. The Morgan fingerprint density at radius 2 is 2.25 bits per heavy atom. The van der Waals surface area contributed by atoms with Gasteiger partial charge < -0.3 is 4.84 Å². The maximum atomic E-state index is 5.31. The number of benzene rings is 1. The van der Waals surface area contributed by atoms with E-state index in [4.69, 9.17) is 4.84 Å². The quantitative estimate of drug-likeness (QED) is 0.668. The fourth-order valence-electron chi connectivity index (χ4n) is 1.18. The molecule has 2 aromatic rings. The molecular weight excluding hydrogens is 152 g/mol. The number of rotatable bonds is 2. The van der Waals surface area contributed by atoms with E-state index < -0.39 is 0 Å². The van der Waals surface area contributed by atoms with Gasteiger partial charge in [0.1, 0.15) is 18.5 Å². The molecule has 0 aliphatic carbocycles. The average molecular weight is 162 g/mol. The minimum atomic E-state index is 0.653. The number of hydrogen-bond donors (Lipinski definition) is 0. The summed E-state index contributed by atoms with van der Waals surface area (Å²) in [5, 5.41) is 0. The first-order valence-electron chi connectivity index (χ1n) is 3.97. The smallest absolute Gasteiger partial charge is 0.133 e. The van der Waals surface area contributed by atoms with Crippen LogP contribution in [0.15, 0.2) is 30.6 Å². The van der Waals surface area contributed by atoms with E-state index in [1.54, 1.807) is 11.1 Å². The van der Waals surface area contributed by atoms with E-state index >= 15 is 0 Å². The third kappa shape index (κ3) is 1.03. The highest BCUT2D eigenvalue weighted by molar-refractivity contribution is 5.74. The first-order chi connectivity index (χ1) is 5.92. The molecule has 0 unspecified atom stereocenters. The molecule has 2 rings (SSSR count). The third-order valence-electron chi connectivity index (χ3n) is 1.69. The molecule has 1 aromatic carbocycles. The van der Waals surface area contributed by atoms with Gasteiger partial charge in [-0.3, -0.25) is 0 Å². The minimum absolute atomic E-state index is 0.653. The predicted octanol–water partition coefficient (Wildman–Crippen LogP) is 1.48. The van der Waals surface area contributed by atoms with Crippen LogP contribution in [0.1, 0.15) is 6.92 Å². The van der Waals surface area contributed by atoms with Gasteiger partial charge in [-0.05, 0) is 19.1 Å². The van der Waals surface area contributed by atoms with Crippen molar-refractivity contribution in [3.05, 3.63) is 30.6 Å². The summed E-state index contributed by atoms with van der Waals surface area (Å²) in [7, 11) is 0. The molecule has 1 heterocycles. The number of imidazole rings is 1. The van der Waals surface area contributed by atoms with Crippen molar-refractivity contribution in [1.82, 2.24) is 9.71 Å². The van der Waals surface area contributed by atoms with Gasteiger partial charge >= 0.3 is 0 Å². The fraction of sp³-hybridized carbons (Fsp3) is 0.222. The molecule has 0 radical (unpaired) electrons. The number of fused-ring (bicyclic) bond motifs is 1. The van der Waals surface area contributed by atoms with Gasteiger partial charge in [0, 0.05) is 0 Å². The van der Waals surface area contributed by atoms with Crippen LogP contribution in [-0.2, 0) is 0 Å². The zero-order valence-electron chi connectivity index (χ0n) is 6.90. The van der Waals surface area contributed by atoms with Gasteiger partial charge in [0.15, 0.2) is 0 Å². The minimum Gasteiger partial charge on any atom is -0.413 e. The second-order valence-corrected chi connectivity index (χ2v) is 2.48. The Kier molecular flexibility index (Phi) is 1.70. The Bertz CT molecular complexity index is 381. The van der Waals surface area contributed by atoms with Crippen LogP contribution in [0, 0.1) is 0 Å². The van der Waals surface area contributed by atoms with Crippen LogP contribution in [0.2, 0.25) is 0 Å². The van der Waals surface area contributed by atoms with Crippen molar-refractivity contribution in [2.24, 2.45) is 0 Å². The first-order valence-corrected chi connectivity index (χ1v) is 3.97. The maximum Gasteiger partial charge on any atom is 0.133 e. The van der Waals surface area contributed by atoms with Crippen molar-refractivity contribution < 1.29 is 4.84 Å². The van der Waals surface area contributed by atoms with Crippen LogP contribution in [0.5, 0.6) is 0 Å². The normalized spacial score (nSPS) is 10.4. The topological polar surface area (TPSA) is 27.1 Å². The molecule has 3 heteroatoms. The molecule has 0 aliphatic rings. The molecule has 0 atom stereocenters. The van der Waals surface area contributed by atoms with Crippen LogP contribution in [-0.4, -0.2) is 16.3 Å². The summed E-state index contributed by atoms with van der Waals surface area (Å²) in [5.74, 6) is 0. The lowest BCUT2D eigenvalue weighted by molar-refractivity contribution is 0.131. The number of nitrogens with zero attached hydrogens (tertiary/aromatic N) is 2. The van der Waals surface area contributed by atoms with E-state index in [2.05, 4.69) is 4.98 Å². The SMILES string of the molecule is CCOn1cnc2ccccc21. The van der Waals surface area contributed by atoms with Crippen LogP contribution in [0.3, 0.4) is 0 Å². The summed E-state index contributed by atoms with van der Waals surface area (Å²) in [6.07, 6.45) is 1.69. The maximum absolute atomic E-state index is 5.31. The number of aromatic nitrogens is 2. The molecular formula is C9H10N2O. The second kappa shape index (κ2) is 2.85. The Morgan fingerprint density at radius 1 is 1.42 bits per heavy atom. The zero-order chi connectivity index (χ0) is 8.39. The monoisotopic (exact) mass is 162 g/mol. The standard InChI is InChI=1S/C9H10N2O/c1-2-12-11-7-10-8-5-3-4-6-9(8)11/h3-7H,2H2,1H3. The summed E-state index contributed by atoms with van der Waals surface area (Å²) in [4.78, 5) is 9.49. The highest BCUT2D eigenvalue weighted by atomic mass is 16.7. The summed E-state index contributed by atoms with van der Waals surface area (Å²) >= 11 is 0. The molecule has 3 nitrogen and oxygen atoms in total. The van der Waals surface area contributed by atoms with Gasteiger partial charge in [0.25, 0.3) is 0 Å². The van der Waals surface area contributed by atoms with Crippen molar-refractivity contribution in [3.8, 4) is 0 Å². The molecule has 0 bridgehead atoms. The van der Waals surface area contributed by atoms with E-state index in [0.717, 1.165) is 11.0 Å². The van der Waals surface area contributed by atoms with E-state index in [1.807, 2.05) is 31.2 Å². The molecule has 0 fully saturated rings. The highest BCUT2D eigenvalue weighted by Gasteiger charge is 1.99. The van der Waals surface area contributed by atoms with Gasteiger partial charge in [0.2, 0.25) is 0 Å². The molecule has 1 aromatic heterocycles. The zero-order valence-corrected chi connectivity index (χ0v) is 6.90. The summed E-state index contributed by atoms with van der Waals surface area (Å²) in [6.45, 7) is 2.61. The molecule has 62 valence electrons. The van der Waals surface area contributed by atoms with Gasteiger partial charge in [-0.25, -0.2) is 4.98 Å². The molecule has 0 aliphatic heterocycles. The Hall–Kier alpha value is -1.51. The first kappa shape index (κ1) is 7.16. The Morgan fingerprint density at radius 3 is 3.08 bits per heavy atom. The highest BCUT2D eigenvalue weighted by Crippen LogP contribution is 2.09. The van der Waals surface area contributed by atoms with Gasteiger partial charge in [-0.2, -0.15) is 4.73 Å². The Balaban J connectivity index is 2.55. The van der Waals surface area contributed by atoms with Crippen LogP contribution in [0.4, 0.5) is 0 Å². The summed E-state index contributed by atoms with van der Waals surface area (Å²) < 4.78 is 1.69. The van der Waals surface area contributed by atoms with E-state index in [-0.39, 0.29) is 0 Å². The lowest BCUT2D eigenvalue weighted by atomic mass is 10.3. The van der Waals surface area contributed by atoms with E-state index in [0.29, 0.717) is 6.61 Å². The largest absolute Gasteiger partial charge is 0.413 e. The van der Waals surface area contributed by atoms with Crippen LogP contribution >= 0.6 is 0 Å². The van der Waals surface area contributed by atoms with Crippen molar-refractivity contribution in [1.29, 1.82) is 0 Å². The Labute approximate surface area is 70.5 Å².